The van der Waals surface area contributed by atoms with Crippen LogP contribution in [-0.2, 0) is 19.1 Å². The lowest BCUT2D eigenvalue weighted by atomic mass is 10.1. The number of nitrogens with two attached hydrogens (primary N) is 1. The molecular weight excluding hydrogens is 290 g/mol. The number of amides is 3. The molecule has 0 bridgehead atoms. The molecule has 0 aliphatic rings. The Labute approximate surface area is 130 Å². The van der Waals surface area contributed by atoms with Gasteiger partial charge in [0.2, 0.25) is 11.8 Å². The number of alkyl carbamates (subject to hydrolysis) is 1. The molecule has 0 rings (SSSR count). The maximum atomic E-state index is 11.9. The summed E-state index contributed by atoms with van der Waals surface area (Å²) in [6.45, 7) is 7.92. The summed E-state index contributed by atoms with van der Waals surface area (Å²) in [5, 5.41) is 4.76. The summed E-state index contributed by atoms with van der Waals surface area (Å²) in [5.74, 6) is -1.43. The van der Waals surface area contributed by atoms with Crippen LogP contribution in [-0.4, -0.2) is 41.4 Å². The van der Waals surface area contributed by atoms with Crippen molar-refractivity contribution >= 4 is 23.7 Å². The van der Waals surface area contributed by atoms with Crippen LogP contribution < -0.4 is 16.4 Å². The van der Waals surface area contributed by atoms with Gasteiger partial charge in [-0.05, 0) is 41.0 Å². The Morgan fingerprint density at radius 1 is 1.14 bits per heavy atom. The van der Waals surface area contributed by atoms with Crippen LogP contribution >= 0.6 is 0 Å². The Kier molecular flexibility index (Phi) is 7.55. The van der Waals surface area contributed by atoms with E-state index in [4.69, 9.17) is 10.5 Å². The van der Waals surface area contributed by atoms with Crippen LogP contribution in [0.15, 0.2) is 0 Å². The first-order valence-electron chi connectivity index (χ1n) is 7.01. The lowest BCUT2D eigenvalue weighted by molar-refractivity contribution is -0.128. The molecule has 4 N–H and O–H groups in total. The average molecular weight is 315 g/mol. The van der Waals surface area contributed by atoms with Gasteiger partial charge in [0.15, 0.2) is 0 Å². The van der Waals surface area contributed by atoms with Gasteiger partial charge < -0.3 is 25.9 Å². The topological polar surface area (TPSA) is 128 Å². The number of carbonyl (C=O) groups excluding carboxylic acids is 4. The van der Waals surface area contributed by atoms with E-state index in [1.807, 2.05) is 0 Å². The van der Waals surface area contributed by atoms with Crippen molar-refractivity contribution in [1.29, 1.82) is 0 Å². The van der Waals surface area contributed by atoms with Gasteiger partial charge in [-0.15, -0.1) is 0 Å². The molecule has 2 atom stereocenters. The predicted molar refractivity (Wildman–Crippen MR) is 79.9 cm³/mol. The molecular formula is C14H25N3O5. The van der Waals surface area contributed by atoms with Crippen LogP contribution in [0, 0.1) is 0 Å². The molecule has 0 saturated carbocycles. The fraction of sp³-hybridized carbons (Fsp3) is 0.714. The zero-order valence-corrected chi connectivity index (χ0v) is 13.7. The lowest BCUT2D eigenvalue weighted by Crippen LogP contribution is -2.52. The lowest BCUT2D eigenvalue weighted by Gasteiger charge is -2.22. The van der Waals surface area contributed by atoms with E-state index in [9.17, 15) is 19.2 Å². The third kappa shape index (κ3) is 8.93. The van der Waals surface area contributed by atoms with Gasteiger partial charge in [0.05, 0.1) is 0 Å². The third-order valence-corrected chi connectivity index (χ3v) is 2.57. The molecule has 0 fully saturated rings. The molecule has 0 radical (unpaired) electrons. The van der Waals surface area contributed by atoms with Crippen LogP contribution in [0.25, 0.3) is 0 Å². The SMILES string of the molecule is CC(=O)CCC(NC(=O)[C@H](C)NC(=O)OC(C)(C)C)C(N)=O. The van der Waals surface area contributed by atoms with Gasteiger partial charge in [-0.25, -0.2) is 4.79 Å². The summed E-state index contributed by atoms with van der Waals surface area (Å²) < 4.78 is 5.02. The highest BCUT2D eigenvalue weighted by atomic mass is 16.6. The molecule has 0 heterocycles. The summed E-state index contributed by atoms with van der Waals surface area (Å²) in [7, 11) is 0. The molecule has 0 aromatic heterocycles. The second-order valence-electron chi connectivity index (χ2n) is 6.07. The standard InChI is InChI=1S/C14H25N3O5/c1-8(18)6-7-10(11(15)19)17-12(20)9(2)16-13(21)22-14(3,4)5/h9-10H,6-7H2,1-5H3,(H2,15,19)(H,16,21)(H,17,20)/t9-,10?/m0/s1. The monoisotopic (exact) mass is 315 g/mol. The van der Waals surface area contributed by atoms with E-state index in [0.717, 1.165) is 0 Å². The molecule has 0 aliphatic heterocycles. The Morgan fingerprint density at radius 2 is 1.68 bits per heavy atom. The molecule has 0 spiro atoms. The van der Waals surface area contributed by atoms with E-state index < -0.39 is 35.6 Å². The van der Waals surface area contributed by atoms with Gasteiger partial charge in [0.25, 0.3) is 0 Å². The minimum atomic E-state index is -0.959. The molecule has 0 saturated heterocycles. The number of hydrogen-bond donors (Lipinski definition) is 3. The van der Waals surface area contributed by atoms with Crippen molar-refractivity contribution in [2.24, 2.45) is 5.73 Å². The summed E-state index contributed by atoms with van der Waals surface area (Å²) in [5.41, 5.74) is 4.50. The average Bonchev–Trinajstić information content (AvgIpc) is 2.30. The van der Waals surface area contributed by atoms with Crippen LogP contribution in [0.4, 0.5) is 4.79 Å². The van der Waals surface area contributed by atoms with Crippen molar-refractivity contribution in [1.82, 2.24) is 10.6 Å². The Bertz CT molecular complexity index is 442. The maximum absolute atomic E-state index is 11.9. The molecule has 126 valence electrons. The largest absolute Gasteiger partial charge is 0.444 e. The first-order valence-corrected chi connectivity index (χ1v) is 7.01. The number of ether oxygens (including phenoxy) is 1. The molecule has 8 heteroatoms. The van der Waals surface area contributed by atoms with E-state index in [0.29, 0.717) is 0 Å². The molecule has 0 aromatic rings. The highest BCUT2D eigenvalue weighted by Gasteiger charge is 2.24. The zero-order chi connectivity index (χ0) is 17.5. The maximum Gasteiger partial charge on any atom is 0.408 e. The second-order valence-corrected chi connectivity index (χ2v) is 6.07. The van der Waals surface area contributed by atoms with Crippen LogP contribution in [0.1, 0.15) is 47.5 Å². The normalized spacial score (nSPS) is 13.7. The van der Waals surface area contributed by atoms with Crippen LogP contribution in [0.5, 0.6) is 0 Å². The minimum absolute atomic E-state index is 0.111. The zero-order valence-electron chi connectivity index (χ0n) is 13.7. The van der Waals surface area contributed by atoms with Gasteiger partial charge >= 0.3 is 6.09 Å². The van der Waals surface area contributed by atoms with Crippen molar-refractivity contribution < 1.29 is 23.9 Å². The number of primary amides is 1. The number of Topliss-reactive ketones (excluding diaryl/α,β-unsaturated/α-hetero) is 1. The van der Waals surface area contributed by atoms with Crippen molar-refractivity contribution in [2.75, 3.05) is 0 Å². The number of hydrogen-bond acceptors (Lipinski definition) is 5. The molecule has 1 unspecified atom stereocenters. The van der Waals surface area contributed by atoms with Gasteiger partial charge in [-0.3, -0.25) is 9.59 Å². The van der Waals surface area contributed by atoms with E-state index in [1.54, 1.807) is 20.8 Å². The van der Waals surface area contributed by atoms with E-state index in [-0.39, 0.29) is 18.6 Å². The number of nitrogens with one attached hydrogen (secondary N) is 2. The third-order valence-electron chi connectivity index (χ3n) is 2.57. The number of rotatable bonds is 7. The minimum Gasteiger partial charge on any atom is -0.444 e. The smallest absolute Gasteiger partial charge is 0.408 e. The Balaban J connectivity index is 4.50. The van der Waals surface area contributed by atoms with Crippen molar-refractivity contribution in [3.8, 4) is 0 Å². The molecule has 0 aliphatic carbocycles. The van der Waals surface area contributed by atoms with Crippen LogP contribution in [0.2, 0.25) is 0 Å². The fourth-order valence-electron chi connectivity index (χ4n) is 1.48. The molecule has 3 amide bonds. The van der Waals surface area contributed by atoms with Gasteiger partial charge in [-0.1, -0.05) is 0 Å². The van der Waals surface area contributed by atoms with Crippen molar-refractivity contribution in [3.05, 3.63) is 0 Å². The van der Waals surface area contributed by atoms with E-state index in [1.165, 1.54) is 13.8 Å². The Morgan fingerprint density at radius 3 is 2.09 bits per heavy atom. The summed E-state index contributed by atoms with van der Waals surface area (Å²) in [6, 6.07) is -1.87. The van der Waals surface area contributed by atoms with E-state index >= 15 is 0 Å². The van der Waals surface area contributed by atoms with Gasteiger partial charge in [0, 0.05) is 6.42 Å². The summed E-state index contributed by atoms with van der Waals surface area (Å²) in [6.07, 6.45) is -0.494. The van der Waals surface area contributed by atoms with Gasteiger partial charge in [-0.2, -0.15) is 0 Å². The van der Waals surface area contributed by atoms with Crippen molar-refractivity contribution in [3.63, 3.8) is 0 Å². The number of ketones is 1. The van der Waals surface area contributed by atoms with Crippen LogP contribution in [0.3, 0.4) is 0 Å². The molecule has 0 aromatic carbocycles. The summed E-state index contributed by atoms with van der Waals surface area (Å²) >= 11 is 0. The highest BCUT2D eigenvalue weighted by Crippen LogP contribution is 2.06. The summed E-state index contributed by atoms with van der Waals surface area (Å²) in [4.78, 5) is 45.7. The predicted octanol–water partition coefficient (Wildman–Crippen LogP) is 0.239. The first-order chi connectivity index (χ1) is 9.92. The quantitative estimate of drug-likeness (QED) is 0.620. The van der Waals surface area contributed by atoms with Gasteiger partial charge in [0.1, 0.15) is 23.5 Å². The molecule has 22 heavy (non-hydrogen) atoms. The highest BCUT2D eigenvalue weighted by molar-refractivity contribution is 5.90. The Hall–Kier alpha value is -2.12. The first kappa shape index (κ1) is 19.9. The molecule has 8 nitrogen and oxygen atoms in total. The van der Waals surface area contributed by atoms with Crippen molar-refractivity contribution in [2.45, 2.75) is 65.1 Å². The number of carbonyl (C=O) groups is 4. The fourth-order valence-corrected chi connectivity index (χ4v) is 1.48. The second kappa shape index (κ2) is 8.35. The van der Waals surface area contributed by atoms with E-state index in [2.05, 4.69) is 10.6 Å².